The number of nitrogens with zero attached hydrogens (tertiary/aromatic N) is 3. The van der Waals surface area contributed by atoms with Gasteiger partial charge in [-0.3, -0.25) is 4.79 Å². The predicted molar refractivity (Wildman–Crippen MR) is 87.4 cm³/mol. The average molecular weight is 374 g/mol. The third-order valence-electron chi connectivity index (χ3n) is 4.22. The minimum absolute atomic E-state index is 0.189. The Hall–Kier alpha value is -1.72. The van der Waals surface area contributed by atoms with E-state index in [1.54, 1.807) is 0 Å². The molecule has 3 heterocycles. The summed E-state index contributed by atoms with van der Waals surface area (Å²) < 4.78 is 24.6. The first-order chi connectivity index (χ1) is 11.2. The molecule has 3 rings (SSSR count). The number of carbonyl (C=O) groups is 2. The zero-order valence-corrected chi connectivity index (χ0v) is 14.7. The van der Waals surface area contributed by atoms with Gasteiger partial charge in [-0.15, -0.1) is 11.3 Å². The van der Waals surface area contributed by atoms with Gasteiger partial charge >= 0.3 is 6.09 Å². The molecule has 2 amide bonds. The average Bonchev–Trinajstić information content (AvgIpc) is 3.11. The fourth-order valence-electron chi connectivity index (χ4n) is 2.86. The van der Waals surface area contributed by atoms with Crippen LogP contribution in [0.2, 0.25) is 0 Å². The summed E-state index contributed by atoms with van der Waals surface area (Å²) >= 11 is 1.27. The van der Waals surface area contributed by atoms with Crippen molar-refractivity contribution in [2.75, 3.05) is 31.2 Å². The number of carbonyl (C=O) groups excluding carboxylic acids is 1. The molecule has 0 aromatic carbocycles. The lowest BCUT2D eigenvalue weighted by Gasteiger charge is -2.23. The van der Waals surface area contributed by atoms with E-state index in [1.165, 1.54) is 26.8 Å². The van der Waals surface area contributed by atoms with Gasteiger partial charge in [0.15, 0.2) is 5.13 Å². The zero-order valence-electron chi connectivity index (χ0n) is 13.1. The Morgan fingerprint density at radius 3 is 2.75 bits per heavy atom. The number of likely N-dealkylation sites (tertiary alicyclic amines) is 1. The lowest BCUT2D eigenvalue weighted by molar-refractivity contribution is -0.119. The van der Waals surface area contributed by atoms with Crippen LogP contribution in [0.1, 0.15) is 17.0 Å². The molecule has 0 unspecified atom stereocenters. The quantitative estimate of drug-likeness (QED) is 0.790. The highest BCUT2D eigenvalue weighted by Gasteiger charge is 2.32. The van der Waals surface area contributed by atoms with E-state index in [4.69, 9.17) is 5.11 Å². The third kappa shape index (κ3) is 3.52. The molecule has 2 aliphatic rings. The summed E-state index contributed by atoms with van der Waals surface area (Å²) in [6, 6.07) is 0. The topological polar surface area (TPSA) is 120 Å². The highest BCUT2D eigenvalue weighted by atomic mass is 32.2. The van der Waals surface area contributed by atoms with E-state index in [-0.39, 0.29) is 24.9 Å². The van der Waals surface area contributed by atoms with E-state index in [0.717, 1.165) is 10.6 Å². The van der Waals surface area contributed by atoms with Crippen LogP contribution >= 0.6 is 11.3 Å². The first-order valence-electron chi connectivity index (χ1n) is 7.46. The van der Waals surface area contributed by atoms with E-state index in [1.807, 2.05) is 0 Å². The molecule has 1 aromatic rings. The molecule has 132 valence electrons. The molecule has 0 saturated carbocycles. The van der Waals surface area contributed by atoms with Crippen molar-refractivity contribution < 1.29 is 23.1 Å². The summed E-state index contributed by atoms with van der Waals surface area (Å²) in [7, 11) is -3.25. The van der Waals surface area contributed by atoms with Crippen LogP contribution in [0.3, 0.4) is 0 Å². The van der Waals surface area contributed by atoms with Crippen molar-refractivity contribution in [1.82, 2.24) is 14.2 Å². The van der Waals surface area contributed by atoms with Gasteiger partial charge in [0.05, 0.1) is 17.9 Å². The largest absolute Gasteiger partial charge is 0.465 e. The number of nitrogens with one attached hydrogen (secondary N) is 1. The van der Waals surface area contributed by atoms with Gasteiger partial charge < -0.3 is 15.3 Å². The Labute approximate surface area is 143 Å². The van der Waals surface area contributed by atoms with Gasteiger partial charge in [0, 0.05) is 37.5 Å². The molecule has 9 nitrogen and oxygen atoms in total. The van der Waals surface area contributed by atoms with E-state index in [2.05, 4.69) is 10.3 Å². The second-order valence-electron chi connectivity index (χ2n) is 5.94. The summed E-state index contributed by atoms with van der Waals surface area (Å²) in [5.41, 5.74) is 0.814. The highest BCUT2D eigenvalue weighted by Crippen LogP contribution is 2.30. The summed E-state index contributed by atoms with van der Waals surface area (Å²) in [6.07, 6.45) is 1.17. The van der Waals surface area contributed by atoms with Crippen molar-refractivity contribution in [1.29, 1.82) is 0 Å². The first kappa shape index (κ1) is 17.1. The Bertz CT molecular complexity index is 775. The molecule has 11 heteroatoms. The minimum atomic E-state index is -3.25. The smallest absolute Gasteiger partial charge is 0.407 e. The molecule has 2 N–H and O–H groups in total. The molecule has 1 fully saturated rings. The van der Waals surface area contributed by atoms with Gasteiger partial charge in [-0.2, -0.15) is 4.31 Å². The third-order valence-corrected chi connectivity index (χ3v) is 6.47. The summed E-state index contributed by atoms with van der Waals surface area (Å²) in [5.74, 6) is -0.626. The first-order valence-corrected chi connectivity index (χ1v) is 10.1. The number of hydrogen-bond donors (Lipinski definition) is 2. The highest BCUT2D eigenvalue weighted by molar-refractivity contribution is 7.88. The molecule has 0 spiro atoms. The molecule has 1 saturated heterocycles. The molecule has 0 radical (unpaired) electrons. The maximum Gasteiger partial charge on any atom is 0.407 e. The number of fused-ring (bicyclic) bond motifs is 1. The second-order valence-corrected chi connectivity index (χ2v) is 9.00. The maximum atomic E-state index is 12.2. The molecule has 24 heavy (non-hydrogen) atoms. The lowest BCUT2D eigenvalue weighted by Crippen LogP contribution is -2.34. The van der Waals surface area contributed by atoms with Gasteiger partial charge in [-0.05, 0) is 6.42 Å². The predicted octanol–water partition coefficient (Wildman–Crippen LogP) is 0.399. The number of hydrogen-bond acceptors (Lipinski definition) is 6. The van der Waals surface area contributed by atoms with Crippen molar-refractivity contribution in [3.63, 3.8) is 0 Å². The Morgan fingerprint density at radius 2 is 2.12 bits per heavy atom. The molecule has 0 bridgehead atoms. The minimum Gasteiger partial charge on any atom is -0.465 e. The lowest BCUT2D eigenvalue weighted by atomic mass is 10.1. The van der Waals surface area contributed by atoms with Crippen molar-refractivity contribution in [2.24, 2.45) is 5.92 Å². The van der Waals surface area contributed by atoms with Crippen molar-refractivity contribution in [3.05, 3.63) is 10.6 Å². The maximum absolute atomic E-state index is 12.2. The van der Waals surface area contributed by atoms with Gasteiger partial charge in [0.2, 0.25) is 15.9 Å². The van der Waals surface area contributed by atoms with Crippen LogP contribution in [-0.4, -0.2) is 65.6 Å². The SMILES string of the molecule is CS(=O)(=O)N1CCc2nc(NC(=O)[C@H]3CCN(C(=O)O)C3)sc2C1. The summed E-state index contributed by atoms with van der Waals surface area (Å²) in [5, 5.41) is 12.1. The van der Waals surface area contributed by atoms with E-state index in [9.17, 15) is 18.0 Å². The summed E-state index contributed by atoms with van der Waals surface area (Å²) in [6.45, 7) is 1.20. The van der Waals surface area contributed by atoms with Crippen molar-refractivity contribution in [2.45, 2.75) is 19.4 Å². The molecular weight excluding hydrogens is 356 g/mol. The van der Waals surface area contributed by atoms with Gasteiger partial charge in [-0.1, -0.05) is 0 Å². The molecule has 1 atom stereocenters. The van der Waals surface area contributed by atoms with Gasteiger partial charge in [-0.25, -0.2) is 18.2 Å². The standard InChI is InChI=1S/C13H18N4O5S2/c1-24(21,22)17-5-3-9-10(7-17)23-12(14-9)15-11(18)8-2-4-16(6-8)13(19)20/h8H,2-7H2,1H3,(H,19,20)(H,14,15,18)/t8-/m0/s1. The van der Waals surface area contributed by atoms with Crippen LogP contribution in [0.25, 0.3) is 0 Å². The normalized spacial score (nSPS) is 21.5. The number of carboxylic acid groups (broad SMARTS) is 1. The van der Waals surface area contributed by atoms with E-state index >= 15 is 0 Å². The fourth-order valence-corrected chi connectivity index (χ4v) is 4.76. The zero-order chi connectivity index (χ0) is 17.5. The number of anilines is 1. The van der Waals surface area contributed by atoms with Crippen LogP contribution < -0.4 is 5.32 Å². The number of sulfonamides is 1. The van der Waals surface area contributed by atoms with Crippen molar-refractivity contribution >= 4 is 38.5 Å². The van der Waals surface area contributed by atoms with Crippen LogP contribution in [0.4, 0.5) is 9.93 Å². The monoisotopic (exact) mass is 374 g/mol. The van der Waals surface area contributed by atoms with Crippen LogP contribution in [0, 0.1) is 5.92 Å². The number of aromatic nitrogens is 1. The Kier molecular flexibility index (Phi) is 4.49. The number of rotatable bonds is 3. The number of thiazole rings is 1. The Balaban J connectivity index is 1.65. The van der Waals surface area contributed by atoms with E-state index in [0.29, 0.717) is 31.1 Å². The second kappa shape index (κ2) is 6.30. The molecular formula is C13H18N4O5S2. The van der Waals surface area contributed by atoms with Gasteiger partial charge in [0.1, 0.15) is 0 Å². The fraction of sp³-hybridized carbons (Fsp3) is 0.615. The summed E-state index contributed by atoms with van der Waals surface area (Å²) in [4.78, 5) is 29.6. The Morgan fingerprint density at radius 1 is 1.38 bits per heavy atom. The molecule has 1 aromatic heterocycles. The van der Waals surface area contributed by atoms with Gasteiger partial charge in [0.25, 0.3) is 0 Å². The van der Waals surface area contributed by atoms with Crippen LogP contribution in [0.5, 0.6) is 0 Å². The molecule has 2 aliphatic heterocycles. The van der Waals surface area contributed by atoms with Crippen LogP contribution in [0.15, 0.2) is 0 Å². The van der Waals surface area contributed by atoms with Crippen LogP contribution in [-0.2, 0) is 27.8 Å². The molecule has 0 aliphatic carbocycles. The van der Waals surface area contributed by atoms with E-state index < -0.39 is 16.1 Å². The number of amides is 2. The van der Waals surface area contributed by atoms with Crippen molar-refractivity contribution in [3.8, 4) is 0 Å².